The highest BCUT2D eigenvalue weighted by atomic mass is 16.5. The molecule has 7 nitrogen and oxygen atoms in total. The Bertz CT molecular complexity index is 827. The van der Waals surface area contributed by atoms with Crippen LogP contribution < -0.4 is 0 Å². The second-order valence-corrected chi connectivity index (χ2v) is 6.37. The number of hydrogen-bond donors (Lipinski definition) is 1. The second-order valence-electron chi connectivity index (χ2n) is 6.37. The molecule has 1 saturated heterocycles. The van der Waals surface area contributed by atoms with Crippen LogP contribution in [0.3, 0.4) is 0 Å². The van der Waals surface area contributed by atoms with E-state index in [0.29, 0.717) is 0 Å². The molecule has 3 aromatic rings. The third-order valence-corrected chi connectivity index (χ3v) is 4.71. The van der Waals surface area contributed by atoms with E-state index in [4.69, 9.17) is 4.74 Å². The van der Waals surface area contributed by atoms with Gasteiger partial charge in [0.25, 0.3) is 0 Å². The number of ether oxygens (including phenoxy) is 1. The van der Waals surface area contributed by atoms with Gasteiger partial charge in [0.05, 0.1) is 18.7 Å². The Hall–Kier alpha value is -2.51. The maximum Gasteiger partial charge on any atom is 0.167 e. The number of aromatic amines is 1. The number of methoxy groups -OCH3 is 1. The molecule has 0 bridgehead atoms. The molecule has 2 aromatic heterocycles. The van der Waals surface area contributed by atoms with Crippen molar-refractivity contribution in [2.75, 3.05) is 13.7 Å². The molecule has 1 aliphatic rings. The van der Waals surface area contributed by atoms with Crippen LogP contribution in [0.15, 0.2) is 42.7 Å². The van der Waals surface area contributed by atoms with Crippen LogP contribution in [0.5, 0.6) is 0 Å². The van der Waals surface area contributed by atoms with Gasteiger partial charge in [0, 0.05) is 31.7 Å². The largest absolute Gasteiger partial charge is 0.380 e. The zero-order valence-corrected chi connectivity index (χ0v) is 14.5. The predicted molar refractivity (Wildman–Crippen MR) is 93.2 cm³/mol. The third-order valence-electron chi connectivity index (χ3n) is 4.71. The molecule has 0 saturated carbocycles. The van der Waals surface area contributed by atoms with E-state index >= 15 is 0 Å². The van der Waals surface area contributed by atoms with E-state index in [0.717, 1.165) is 42.7 Å². The van der Waals surface area contributed by atoms with Gasteiger partial charge in [-0.2, -0.15) is 5.10 Å². The Morgan fingerprint density at radius 2 is 2.12 bits per heavy atom. The number of imidazole rings is 1. The summed E-state index contributed by atoms with van der Waals surface area (Å²) in [6.45, 7) is 3.49. The number of nitrogens with one attached hydrogen (secondary N) is 1. The smallest absolute Gasteiger partial charge is 0.167 e. The maximum atomic E-state index is 5.60. The maximum absolute atomic E-state index is 5.60. The monoisotopic (exact) mass is 338 g/mol. The number of rotatable bonds is 5. The molecular formula is C18H22N6O. The summed E-state index contributed by atoms with van der Waals surface area (Å²) in [5, 5.41) is 7.31. The van der Waals surface area contributed by atoms with Crippen molar-refractivity contribution < 1.29 is 4.74 Å². The van der Waals surface area contributed by atoms with Gasteiger partial charge >= 0.3 is 0 Å². The topological polar surface area (TPSA) is 71.9 Å². The highest BCUT2D eigenvalue weighted by Crippen LogP contribution is 2.32. The molecule has 3 heterocycles. The number of aromatic nitrogens is 5. The van der Waals surface area contributed by atoms with Gasteiger partial charge in [-0.3, -0.25) is 10.00 Å². The van der Waals surface area contributed by atoms with Crippen LogP contribution in [-0.2, 0) is 11.3 Å². The Balaban J connectivity index is 1.60. The van der Waals surface area contributed by atoms with Crippen molar-refractivity contribution in [3.05, 3.63) is 60.2 Å². The summed E-state index contributed by atoms with van der Waals surface area (Å²) in [4.78, 5) is 11.4. The molecule has 0 unspecified atom stereocenters. The molecule has 0 aliphatic carbocycles. The van der Waals surface area contributed by atoms with Crippen molar-refractivity contribution in [1.29, 1.82) is 0 Å². The van der Waals surface area contributed by atoms with Crippen LogP contribution in [0.1, 0.15) is 29.9 Å². The van der Waals surface area contributed by atoms with E-state index < -0.39 is 0 Å². The van der Waals surface area contributed by atoms with Gasteiger partial charge in [0.15, 0.2) is 5.82 Å². The van der Waals surface area contributed by atoms with Crippen LogP contribution in [0.25, 0.3) is 5.69 Å². The van der Waals surface area contributed by atoms with Crippen LogP contribution in [-0.4, -0.2) is 49.4 Å². The van der Waals surface area contributed by atoms with Crippen molar-refractivity contribution in [3.63, 3.8) is 0 Å². The first-order valence-corrected chi connectivity index (χ1v) is 8.48. The minimum absolute atomic E-state index is 0.135. The van der Waals surface area contributed by atoms with Gasteiger partial charge in [0.2, 0.25) is 0 Å². The number of nitrogens with zero attached hydrogens (tertiary/aromatic N) is 5. The van der Waals surface area contributed by atoms with Crippen LogP contribution in [0, 0.1) is 6.92 Å². The molecule has 130 valence electrons. The Labute approximate surface area is 146 Å². The third kappa shape index (κ3) is 3.20. The summed E-state index contributed by atoms with van der Waals surface area (Å²) in [6, 6.07) is 10.4. The zero-order valence-electron chi connectivity index (χ0n) is 14.5. The predicted octanol–water partition coefficient (Wildman–Crippen LogP) is 2.26. The number of likely N-dealkylation sites (tertiary alicyclic amines) is 1. The van der Waals surface area contributed by atoms with Crippen molar-refractivity contribution in [2.24, 2.45) is 0 Å². The highest BCUT2D eigenvalue weighted by molar-refractivity contribution is 5.32. The standard InChI is InChI=1S/C18H22N6O/c1-13-20-18(22-21-13)16-10-15(25-2)11-23(16)12-17-19-8-9-24(17)14-6-4-3-5-7-14/h3-9,15-16H,10-12H2,1-2H3,(H,20,21,22)/t15-,16+/m1/s1. The summed E-state index contributed by atoms with van der Waals surface area (Å²) in [6.07, 6.45) is 4.92. The quantitative estimate of drug-likeness (QED) is 0.772. The SMILES string of the molecule is CO[C@@H]1C[C@@H](c2n[nH]c(C)n2)N(Cc2nccn2-c2ccccc2)C1. The molecule has 7 heteroatoms. The van der Waals surface area contributed by atoms with Gasteiger partial charge in [0.1, 0.15) is 11.6 Å². The minimum Gasteiger partial charge on any atom is -0.380 e. The fraction of sp³-hybridized carbons (Fsp3) is 0.389. The van der Waals surface area contributed by atoms with Crippen molar-refractivity contribution in [3.8, 4) is 5.69 Å². The lowest BCUT2D eigenvalue weighted by Crippen LogP contribution is -2.27. The lowest BCUT2D eigenvalue weighted by atomic mass is 10.2. The Morgan fingerprint density at radius 3 is 2.84 bits per heavy atom. The molecule has 0 radical (unpaired) electrons. The lowest BCUT2D eigenvalue weighted by Gasteiger charge is -2.22. The van der Waals surface area contributed by atoms with E-state index in [9.17, 15) is 0 Å². The van der Waals surface area contributed by atoms with Gasteiger partial charge in [-0.15, -0.1) is 0 Å². The average molecular weight is 338 g/mol. The number of aryl methyl sites for hydroxylation is 1. The molecule has 1 fully saturated rings. The van der Waals surface area contributed by atoms with E-state index in [-0.39, 0.29) is 12.1 Å². The molecule has 2 atom stereocenters. The summed E-state index contributed by atoms with van der Waals surface area (Å²) in [5.41, 5.74) is 1.11. The minimum atomic E-state index is 0.135. The number of para-hydroxylation sites is 1. The van der Waals surface area contributed by atoms with Crippen LogP contribution in [0.2, 0.25) is 0 Å². The highest BCUT2D eigenvalue weighted by Gasteiger charge is 2.36. The Morgan fingerprint density at radius 1 is 1.28 bits per heavy atom. The van der Waals surface area contributed by atoms with E-state index in [1.54, 1.807) is 7.11 Å². The van der Waals surface area contributed by atoms with Gasteiger partial charge < -0.3 is 9.30 Å². The fourth-order valence-electron chi connectivity index (χ4n) is 3.44. The molecule has 1 aromatic carbocycles. The number of H-pyrrole nitrogens is 1. The molecule has 1 aliphatic heterocycles. The number of hydrogen-bond acceptors (Lipinski definition) is 5. The first kappa shape index (κ1) is 16.0. The number of benzene rings is 1. The molecule has 1 N–H and O–H groups in total. The van der Waals surface area contributed by atoms with E-state index in [2.05, 4.69) is 41.8 Å². The van der Waals surface area contributed by atoms with Crippen LogP contribution >= 0.6 is 0 Å². The molecular weight excluding hydrogens is 316 g/mol. The first-order valence-electron chi connectivity index (χ1n) is 8.48. The van der Waals surface area contributed by atoms with Crippen molar-refractivity contribution in [1.82, 2.24) is 29.6 Å². The fourth-order valence-corrected chi connectivity index (χ4v) is 3.44. The van der Waals surface area contributed by atoms with Crippen molar-refractivity contribution >= 4 is 0 Å². The second kappa shape index (κ2) is 6.78. The summed E-state index contributed by atoms with van der Waals surface area (Å²) in [5.74, 6) is 2.66. The van der Waals surface area contributed by atoms with Crippen LogP contribution in [0.4, 0.5) is 0 Å². The van der Waals surface area contributed by atoms with E-state index in [1.165, 1.54) is 0 Å². The summed E-state index contributed by atoms with van der Waals surface area (Å²) < 4.78 is 7.72. The summed E-state index contributed by atoms with van der Waals surface area (Å²) >= 11 is 0. The summed E-state index contributed by atoms with van der Waals surface area (Å²) in [7, 11) is 1.76. The van der Waals surface area contributed by atoms with Gasteiger partial charge in [-0.1, -0.05) is 18.2 Å². The van der Waals surface area contributed by atoms with Crippen molar-refractivity contribution in [2.45, 2.75) is 32.0 Å². The molecule has 0 amide bonds. The van der Waals surface area contributed by atoms with Gasteiger partial charge in [-0.25, -0.2) is 9.97 Å². The normalized spacial score (nSPS) is 21.0. The Kier molecular flexibility index (Phi) is 4.33. The molecule has 0 spiro atoms. The zero-order chi connectivity index (χ0) is 17.2. The average Bonchev–Trinajstić information content (AvgIpc) is 3.36. The van der Waals surface area contributed by atoms with E-state index in [1.807, 2.05) is 37.5 Å². The van der Waals surface area contributed by atoms with Gasteiger partial charge in [-0.05, 0) is 25.5 Å². The first-order chi connectivity index (χ1) is 12.2. The molecule has 25 heavy (non-hydrogen) atoms. The lowest BCUT2D eigenvalue weighted by molar-refractivity contribution is 0.107. The molecule has 4 rings (SSSR count).